The summed E-state index contributed by atoms with van der Waals surface area (Å²) in [6.07, 6.45) is -0.635. The molecular weight excluding hydrogens is 300 g/mol. The highest BCUT2D eigenvalue weighted by molar-refractivity contribution is 9.10. The van der Waals surface area contributed by atoms with Gasteiger partial charge < -0.3 is 9.84 Å². The maximum absolute atomic E-state index is 10.4. The van der Waals surface area contributed by atoms with Crippen molar-refractivity contribution in [2.75, 3.05) is 7.11 Å². The number of aryl methyl sites for hydroxylation is 1. The number of hydrogen-bond donors (Lipinski definition) is 1. The van der Waals surface area contributed by atoms with Crippen molar-refractivity contribution in [2.24, 2.45) is 0 Å². The molecule has 2 rings (SSSR count). The van der Waals surface area contributed by atoms with Crippen molar-refractivity contribution in [2.45, 2.75) is 13.0 Å². The fraction of sp³-hybridized carbons (Fsp3) is 0.231. The zero-order valence-corrected chi connectivity index (χ0v) is 12.0. The topological polar surface area (TPSA) is 29.5 Å². The molecule has 2 aromatic rings. The summed E-state index contributed by atoms with van der Waals surface area (Å²) in [5.41, 5.74) is 1.73. The van der Waals surface area contributed by atoms with Gasteiger partial charge in [-0.25, -0.2) is 0 Å². The van der Waals surface area contributed by atoms with Gasteiger partial charge in [-0.05, 0) is 36.1 Å². The van der Waals surface area contributed by atoms with Crippen LogP contribution in [-0.4, -0.2) is 12.2 Å². The number of halogens is 1. The van der Waals surface area contributed by atoms with Gasteiger partial charge in [0.05, 0.1) is 7.11 Å². The van der Waals surface area contributed by atoms with Crippen LogP contribution in [0.3, 0.4) is 0 Å². The molecule has 90 valence electrons. The summed E-state index contributed by atoms with van der Waals surface area (Å²) in [4.78, 5) is 1.13. The molecule has 0 fully saturated rings. The Morgan fingerprint density at radius 3 is 2.65 bits per heavy atom. The third-order valence-electron chi connectivity index (χ3n) is 2.68. The molecule has 0 aliphatic heterocycles. The van der Waals surface area contributed by atoms with Gasteiger partial charge in [0.1, 0.15) is 11.9 Å². The largest absolute Gasteiger partial charge is 0.496 e. The number of rotatable bonds is 3. The Morgan fingerprint density at radius 1 is 1.29 bits per heavy atom. The van der Waals surface area contributed by atoms with E-state index in [2.05, 4.69) is 15.9 Å². The van der Waals surface area contributed by atoms with E-state index in [1.807, 2.05) is 36.6 Å². The molecule has 4 heteroatoms. The van der Waals surface area contributed by atoms with Crippen LogP contribution in [-0.2, 0) is 0 Å². The molecule has 1 aromatic carbocycles. The van der Waals surface area contributed by atoms with Gasteiger partial charge in [0.25, 0.3) is 0 Å². The summed E-state index contributed by atoms with van der Waals surface area (Å²) in [7, 11) is 1.61. The Kier molecular flexibility index (Phi) is 3.86. The first-order valence-corrected chi connectivity index (χ1v) is 6.86. The lowest BCUT2D eigenvalue weighted by atomic mass is 10.0. The van der Waals surface area contributed by atoms with E-state index in [0.29, 0.717) is 5.75 Å². The standard InChI is InChI=1S/C13H13BrO2S/c1-8-10(5-6-17-8)13(15)11-4-3-9(14)7-12(11)16-2/h3-7,13,15H,1-2H3. The molecule has 0 saturated carbocycles. The SMILES string of the molecule is COc1cc(Br)ccc1C(O)c1ccsc1C. The highest BCUT2D eigenvalue weighted by atomic mass is 79.9. The minimum atomic E-state index is -0.635. The first-order chi connectivity index (χ1) is 8.13. The van der Waals surface area contributed by atoms with E-state index in [1.54, 1.807) is 18.4 Å². The Hall–Kier alpha value is -0.840. The predicted octanol–water partition coefficient (Wildman–Crippen LogP) is 3.91. The Morgan fingerprint density at radius 2 is 2.06 bits per heavy atom. The molecule has 0 saturated heterocycles. The summed E-state index contributed by atoms with van der Waals surface area (Å²) in [5, 5.41) is 12.4. The highest BCUT2D eigenvalue weighted by Crippen LogP contribution is 2.34. The first-order valence-electron chi connectivity index (χ1n) is 5.19. The van der Waals surface area contributed by atoms with E-state index in [1.165, 1.54) is 0 Å². The normalized spacial score (nSPS) is 12.5. The summed E-state index contributed by atoms with van der Waals surface area (Å²) >= 11 is 5.02. The fourth-order valence-corrected chi connectivity index (χ4v) is 2.83. The number of methoxy groups -OCH3 is 1. The molecule has 0 aliphatic rings. The maximum atomic E-state index is 10.4. The van der Waals surface area contributed by atoms with Crippen molar-refractivity contribution in [3.05, 3.63) is 50.1 Å². The van der Waals surface area contributed by atoms with E-state index >= 15 is 0 Å². The molecule has 0 aliphatic carbocycles. The van der Waals surface area contributed by atoms with Crippen LogP contribution in [0.15, 0.2) is 34.1 Å². The molecule has 1 atom stereocenters. The molecule has 0 bridgehead atoms. The second-order valence-electron chi connectivity index (χ2n) is 3.72. The molecule has 0 spiro atoms. The molecule has 17 heavy (non-hydrogen) atoms. The van der Waals surface area contributed by atoms with Crippen LogP contribution >= 0.6 is 27.3 Å². The number of aliphatic hydroxyl groups is 1. The van der Waals surface area contributed by atoms with Crippen molar-refractivity contribution in [1.82, 2.24) is 0 Å². The molecule has 1 N–H and O–H groups in total. The lowest BCUT2D eigenvalue weighted by Crippen LogP contribution is -2.02. The average molecular weight is 313 g/mol. The quantitative estimate of drug-likeness (QED) is 0.931. The van der Waals surface area contributed by atoms with Crippen molar-refractivity contribution in [1.29, 1.82) is 0 Å². The van der Waals surface area contributed by atoms with Crippen molar-refractivity contribution in [3.8, 4) is 5.75 Å². The maximum Gasteiger partial charge on any atom is 0.126 e. The van der Waals surface area contributed by atoms with Gasteiger partial charge in [-0.15, -0.1) is 11.3 Å². The zero-order valence-electron chi connectivity index (χ0n) is 9.61. The van der Waals surface area contributed by atoms with Gasteiger partial charge in [0.2, 0.25) is 0 Å². The Bertz CT molecular complexity index is 522. The smallest absolute Gasteiger partial charge is 0.126 e. The van der Waals surface area contributed by atoms with E-state index < -0.39 is 6.10 Å². The van der Waals surface area contributed by atoms with E-state index in [-0.39, 0.29) is 0 Å². The monoisotopic (exact) mass is 312 g/mol. The van der Waals surface area contributed by atoms with Crippen LogP contribution in [0.1, 0.15) is 22.1 Å². The van der Waals surface area contributed by atoms with Crippen LogP contribution in [0.5, 0.6) is 5.75 Å². The molecule has 0 radical (unpaired) electrons. The number of ether oxygens (including phenoxy) is 1. The second kappa shape index (κ2) is 5.21. The predicted molar refractivity (Wildman–Crippen MR) is 73.8 cm³/mol. The molecule has 1 aromatic heterocycles. The van der Waals surface area contributed by atoms with Crippen LogP contribution in [0.2, 0.25) is 0 Å². The van der Waals surface area contributed by atoms with E-state index in [0.717, 1.165) is 20.5 Å². The summed E-state index contributed by atoms with van der Waals surface area (Å²) in [6, 6.07) is 7.60. The molecule has 0 amide bonds. The van der Waals surface area contributed by atoms with Gasteiger partial charge in [0, 0.05) is 14.9 Å². The number of hydrogen-bond acceptors (Lipinski definition) is 3. The minimum absolute atomic E-state index is 0.635. The van der Waals surface area contributed by atoms with Gasteiger partial charge in [-0.3, -0.25) is 0 Å². The minimum Gasteiger partial charge on any atom is -0.496 e. The van der Waals surface area contributed by atoms with Crippen molar-refractivity contribution in [3.63, 3.8) is 0 Å². The summed E-state index contributed by atoms with van der Waals surface area (Å²) in [5.74, 6) is 0.692. The Labute approximate surface area is 113 Å². The van der Waals surface area contributed by atoms with Crippen molar-refractivity contribution < 1.29 is 9.84 Å². The van der Waals surface area contributed by atoms with Crippen LogP contribution in [0.4, 0.5) is 0 Å². The van der Waals surface area contributed by atoms with Crippen LogP contribution in [0.25, 0.3) is 0 Å². The van der Waals surface area contributed by atoms with Gasteiger partial charge in [-0.1, -0.05) is 22.0 Å². The molecular formula is C13H13BrO2S. The van der Waals surface area contributed by atoms with E-state index in [4.69, 9.17) is 4.74 Å². The summed E-state index contributed by atoms with van der Waals surface area (Å²) in [6.45, 7) is 2.01. The zero-order chi connectivity index (χ0) is 12.4. The number of benzene rings is 1. The highest BCUT2D eigenvalue weighted by Gasteiger charge is 2.17. The average Bonchev–Trinajstić information content (AvgIpc) is 2.74. The number of thiophene rings is 1. The third-order valence-corrected chi connectivity index (χ3v) is 4.04. The Balaban J connectivity index is 2.44. The van der Waals surface area contributed by atoms with Crippen molar-refractivity contribution >= 4 is 27.3 Å². The van der Waals surface area contributed by atoms with Gasteiger partial charge in [-0.2, -0.15) is 0 Å². The molecule has 1 unspecified atom stereocenters. The fourth-order valence-electron chi connectivity index (χ4n) is 1.76. The van der Waals surface area contributed by atoms with Gasteiger partial charge >= 0.3 is 0 Å². The second-order valence-corrected chi connectivity index (χ2v) is 5.76. The lowest BCUT2D eigenvalue weighted by molar-refractivity contribution is 0.214. The molecule has 2 nitrogen and oxygen atoms in total. The number of aliphatic hydroxyl groups excluding tert-OH is 1. The van der Waals surface area contributed by atoms with Gasteiger partial charge in [0.15, 0.2) is 0 Å². The lowest BCUT2D eigenvalue weighted by Gasteiger charge is -2.15. The summed E-state index contributed by atoms with van der Waals surface area (Å²) < 4.78 is 6.24. The first kappa shape index (κ1) is 12.6. The molecule has 1 heterocycles. The van der Waals surface area contributed by atoms with Crippen LogP contribution < -0.4 is 4.74 Å². The van der Waals surface area contributed by atoms with E-state index in [9.17, 15) is 5.11 Å². The third kappa shape index (κ3) is 2.54. The van der Waals surface area contributed by atoms with Crippen LogP contribution in [0, 0.1) is 6.92 Å².